The molecule has 2 heterocycles. The van der Waals surface area contributed by atoms with E-state index in [0.29, 0.717) is 5.57 Å². The van der Waals surface area contributed by atoms with Crippen LogP contribution in [0.25, 0.3) is 0 Å². The number of ether oxygens (including phenoxy) is 2. The van der Waals surface area contributed by atoms with Gasteiger partial charge in [0, 0.05) is 24.6 Å². The second-order valence-corrected chi connectivity index (χ2v) is 3.62. The molecule has 0 saturated heterocycles. The van der Waals surface area contributed by atoms with Gasteiger partial charge in [-0.3, -0.25) is 4.79 Å². The summed E-state index contributed by atoms with van der Waals surface area (Å²) in [7, 11) is 0. The molecule has 0 spiro atoms. The Bertz CT molecular complexity index is 513. The fourth-order valence-electron chi connectivity index (χ4n) is 1.43. The van der Waals surface area contributed by atoms with Gasteiger partial charge in [-0.05, 0) is 6.92 Å². The van der Waals surface area contributed by atoms with E-state index in [-0.39, 0.29) is 11.2 Å². The third-order valence-electron chi connectivity index (χ3n) is 2.12. The van der Waals surface area contributed by atoms with Gasteiger partial charge in [-0.1, -0.05) is 0 Å². The van der Waals surface area contributed by atoms with Gasteiger partial charge in [-0.2, -0.15) is 0 Å². The summed E-state index contributed by atoms with van der Waals surface area (Å²) in [5.74, 6) is -1.69. The first-order valence-electron chi connectivity index (χ1n) is 4.68. The van der Waals surface area contributed by atoms with Gasteiger partial charge in [-0.25, -0.2) is 4.79 Å². The molecule has 2 rings (SSSR count). The lowest BCUT2D eigenvalue weighted by atomic mass is 10.2. The maximum Gasteiger partial charge on any atom is 0.337 e. The van der Waals surface area contributed by atoms with Crippen molar-refractivity contribution in [2.24, 2.45) is 0 Å². The number of hydrogen-bond acceptors (Lipinski definition) is 5. The van der Waals surface area contributed by atoms with E-state index in [0.717, 1.165) is 0 Å². The summed E-state index contributed by atoms with van der Waals surface area (Å²) in [4.78, 5) is 22.6. The second kappa shape index (κ2) is 3.52. The zero-order valence-electron chi connectivity index (χ0n) is 8.85. The Labute approximate surface area is 91.3 Å². The average molecular weight is 222 g/mol. The Morgan fingerprint density at radius 1 is 1.38 bits per heavy atom. The topological polar surface area (TPSA) is 65.7 Å². The van der Waals surface area contributed by atoms with Gasteiger partial charge in [0.2, 0.25) is 11.2 Å². The normalized spacial score (nSPS) is 23.9. The molecule has 0 radical (unpaired) electrons. The van der Waals surface area contributed by atoms with Crippen molar-refractivity contribution in [2.75, 3.05) is 0 Å². The van der Waals surface area contributed by atoms with Crippen LogP contribution in [-0.2, 0) is 9.53 Å². The van der Waals surface area contributed by atoms with Crippen LogP contribution < -0.4 is 10.2 Å². The van der Waals surface area contributed by atoms with Crippen LogP contribution in [0, 0.1) is 0 Å². The van der Waals surface area contributed by atoms with Crippen LogP contribution in [0.3, 0.4) is 0 Å². The smallest absolute Gasteiger partial charge is 0.337 e. The maximum absolute atomic E-state index is 11.4. The van der Waals surface area contributed by atoms with E-state index in [1.165, 1.54) is 24.7 Å². The molecule has 0 saturated carbocycles. The van der Waals surface area contributed by atoms with Crippen LogP contribution >= 0.6 is 0 Å². The molecule has 5 heteroatoms. The van der Waals surface area contributed by atoms with Gasteiger partial charge in [0.1, 0.15) is 6.26 Å². The number of rotatable bonds is 2. The Hall–Kier alpha value is -2.04. The molecule has 1 aliphatic heterocycles. The van der Waals surface area contributed by atoms with Crippen molar-refractivity contribution in [1.29, 1.82) is 0 Å². The largest absolute Gasteiger partial charge is 0.468 e. The fourth-order valence-corrected chi connectivity index (χ4v) is 1.43. The summed E-state index contributed by atoms with van der Waals surface area (Å²) in [5.41, 5.74) is 0.115. The highest BCUT2D eigenvalue weighted by Crippen LogP contribution is 2.26. The molecule has 1 aromatic rings. The zero-order chi connectivity index (χ0) is 11.8. The maximum atomic E-state index is 11.4. The molecule has 0 aromatic carbocycles. The highest BCUT2D eigenvalue weighted by atomic mass is 16.7. The van der Waals surface area contributed by atoms with Gasteiger partial charge < -0.3 is 13.9 Å². The first-order chi connectivity index (χ1) is 7.50. The fraction of sp³-hybridized carbons (Fsp3) is 0.273. The van der Waals surface area contributed by atoms with Crippen molar-refractivity contribution in [1.82, 2.24) is 0 Å². The zero-order valence-corrected chi connectivity index (χ0v) is 8.85. The first kappa shape index (κ1) is 10.5. The summed E-state index contributed by atoms with van der Waals surface area (Å²) in [6.45, 7) is 3.16. The second-order valence-electron chi connectivity index (χ2n) is 3.62. The molecule has 1 aromatic heterocycles. The lowest BCUT2D eigenvalue weighted by molar-refractivity contribution is -0.166. The van der Waals surface area contributed by atoms with Crippen LogP contribution in [0.5, 0.6) is 5.75 Å². The van der Waals surface area contributed by atoms with E-state index >= 15 is 0 Å². The summed E-state index contributed by atoms with van der Waals surface area (Å²) >= 11 is 0. The van der Waals surface area contributed by atoms with Crippen LogP contribution in [0.2, 0.25) is 0 Å². The van der Waals surface area contributed by atoms with Gasteiger partial charge in [0.15, 0.2) is 0 Å². The highest BCUT2D eigenvalue weighted by Gasteiger charge is 2.36. The molecule has 0 amide bonds. The molecular weight excluding hydrogens is 212 g/mol. The average Bonchev–Trinajstić information content (AvgIpc) is 2.45. The minimum atomic E-state index is -1.24. The molecule has 84 valence electrons. The Morgan fingerprint density at radius 3 is 2.69 bits per heavy atom. The monoisotopic (exact) mass is 222 g/mol. The molecule has 1 aliphatic rings. The van der Waals surface area contributed by atoms with E-state index in [1.807, 2.05) is 0 Å². The number of esters is 1. The van der Waals surface area contributed by atoms with Crippen LogP contribution in [0.15, 0.2) is 39.5 Å². The van der Waals surface area contributed by atoms with Crippen LogP contribution in [-0.4, -0.2) is 11.8 Å². The van der Waals surface area contributed by atoms with Crippen LogP contribution in [0.4, 0.5) is 0 Å². The predicted octanol–water partition coefficient (Wildman–Crippen LogP) is 1.24. The van der Waals surface area contributed by atoms with Crippen LogP contribution in [0.1, 0.15) is 13.8 Å². The van der Waals surface area contributed by atoms with Crippen molar-refractivity contribution in [3.8, 4) is 5.75 Å². The van der Waals surface area contributed by atoms with Crippen molar-refractivity contribution >= 4 is 5.97 Å². The van der Waals surface area contributed by atoms with E-state index in [4.69, 9.17) is 13.9 Å². The molecule has 16 heavy (non-hydrogen) atoms. The van der Waals surface area contributed by atoms with E-state index in [1.54, 1.807) is 13.8 Å². The number of carbonyl (C=O) groups excluding carboxylic acids is 1. The number of hydrogen-bond donors (Lipinski definition) is 0. The summed E-state index contributed by atoms with van der Waals surface area (Å²) in [6, 6.07) is 1.23. The van der Waals surface area contributed by atoms with Crippen molar-refractivity contribution in [2.45, 2.75) is 19.6 Å². The van der Waals surface area contributed by atoms with Gasteiger partial charge in [-0.15, -0.1) is 0 Å². The quantitative estimate of drug-likeness (QED) is 0.704. The van der Waals surface area contributed by atoms with Gasteiger partial charge in [0.05, 0.1) is 6.26 Å². The molecule has 0 bridgehead atoms. The molecular formula is C11H10O5. The number of carbonyl (C=O) groups is 1. The summed E-state index contributed by atoms with van der Waals surface area (Å²) in [6.07, 6.45) is 3.93. The van der Waals surface area contributed by atoms with Crippen molar-refractivity contribution < 1.29 is 18.7 Å². The molecule has 5 nitrogen and oxygen atoms in total. The van der Waals surface area contributed by atoms with Crippen molar-refractivity contribution in [3.63, 3.8) is 0 Å². The first-order valence-corrected chi connectivity index (χ1v) is 4.68. The number of cyclic esters (lactones) is 1. The lowest BCUT2D eigenvalue weighted by Crippen LogP contribution is -2.33. The highest BCUT2D eigenvalue weighted by molar-refractivity contribution is 5.90. The molecule has 0 fully saturated rings. The standard InChI is InChI=1S/C11H10O5/c1-7-5-11(2,16-10(7)13)15-9-6-14-4-3-8(9)12/h3-6H,1-2H3/t11-/m1/s1. The minimum Gasteiger partial charge on any atom is -0.468 e. The predicted molar refractivity (Wildman–Crippen MR) is 53.9 cm³/mol. The third-order valence-corrected chi connectivity index (χ3v) is 2.12. The molecule has 0 aliphatic carbocycles. The Morgan fingerprint density at radius 2 is 2.12 bits per heavy atom. The van der Waals surface area contributed by atoms with E-state index < -0.39 is 11.8 Å². The molecule has 0 N–H and O–H groups in total. The lowest BCUT2D eigenvalue weighted by Gasteiger charge is -2.21. The van der Waals surface area contributed by atoms with Gasteiger partial charge in [0.25, 0.3) is 5.79 Å². The minimum absolute atomic E-state index is 0.00347. The Balaban J connectivity index is 2.27. The Kier molecular flexibility index (Phi) is 2.30. The molecule has 1 atom stereocenters. The van der Waals surface area contributed by atoms with E-state index in [9.17, 15) is 9.59 Å². The summed E-state index contributed by atoms with van der Waals surface area (Å²) in [5, 5.41) is 0. The van der Waals surface area contributed by atoms with Gasteiger partial charge >= 0.3 is 5.97 Å². The van der Waals surface area contributed by atoms with Crippen molar-refractivity contribution in [3.05, 3.63) is 40.5 Å². The third kappa shape index (κ3) is 1.84. The van der Waals surface area contributed by atoms with E-state index in [2.05, 4.69) is 0 Å². The molecule has 0 unspecified atom stereocenters. The summed E-state index contributed by atoms with van der Waals surface area (Å²) < 4.78 is 15.1. The SMILES string of the molecule is CC1=C[C@](C)(Oc2coccc2=O)OC1=O.